The first-order valence-corrected chi connectivity index (χ1v) is 9.71. The maximum atomic E-state index is 4.76. The van der Waals surface area contributed by atoms with Crippen LogP contribution in [-0.2, 0) is 13.0 Å². The summed E-state index contributed by atoms with van der Waals surface area (Å²) in [6, 6.07) is 11.0. The highest BCUT2D eigenvalue weighted by Crippen LogP contribution is 2.30. The van der Waals surface area contributed by atoms with Crippen molar-refractivity contribution in [2.75, 3.05) is 6.54 Å². The van der Waals surface area contributed by atoms with Crippen molar-refractivity contribution < 1.29 is 0 Å². The molecule has 6 heteroatoms. The van der Waals surface area contributed by atoms with Gasteiger partial charge in [-0.1, -0.05) is 6.07 Å². The highest BCUT2D eigenvalue weighted by Gasteiger charge is 2.24. The summed E-state index contributed by atoms with van der Waals surface area (Å²) < 4.78 is 3.20. The Morgan fingerprint density at radius 1 is 1.23 bits per heavy atom. The van der Waals surface area contributed by atoms with Crippen LogP contribution in [0.15, 0.2) is 54.4 Å². The van der Waals surface area contributed by atoms with Crippen molar-refractivity contribution >= 4 is 21.6 Å². The second-order valence-corrected chi connectivity index (χ2v) is 7.62. The predicted molar refractivity (Wildman–Crippen MR) is 104 cm³/mol. The van der Waals surface area contributed by atoms with Crippen molar-refractivity contribution in [1.82, 2.24) is 24.6 Å². The van der Waals surface area contributed by atoms with E-state index in [-0.39, 0.29) is 0 Å². The third-order valence-electron chi connectivity index (χ3n) is 5.18. The number of aromatic nitrogens is 4. The number of thiazole rings is 1. The molecule has 26 heavy (non-hydrogen) atoms. The van der Waals surface area contributed by atoms with Crippen molar-refractivity contribution in [1.29, 1.82) is 0 Å². The van der Waals surface area contributed by atoms with Gasteiger partial charge in [-0.25, -0.2) is 9.67 Å². The van der Waals surface area contributed by atoms with Crippen molar-refractivity contribution in [3.63, 3.8) is 0 Å². The second-order valence-electron chi connectivity index (χ2n) is 6.73. The molecule has 0 saturated heterocycles. The van der Waals surface area contributed by atoms with Gasteiger partial charge < -0.3 is 0 Å². The van der Waals surface area contributed by atoms with Gasteiger partial charge in [0.1, 0.15) is 0 Å². The summed E-state index contributed by atoms with van der Waals surface area (Å²) in [5.74, 6) is 0. The number of hydrogen-bond acceptors (Lipinski definition) is 5. The maximum Gasteiger partial charge on any atom is 0.0828 e. The van der Waals surface area contributed by atoms with E-state index in [0.29, 0.717) is 6.04 Å². The Morgan fingerprint density at radius 2 is 2.19 bits per heavy atom. The Hall–Kier alpha value is -2.57. The highest BCUT2D eigenvalue weighted by molar-refractivity contribution is 7.16. The molecule has 1 atom stereocenters. The highest BCUT2D eigenvalue weighted by atomic mass is 32.1. The van der Waals surface area contributed by atoms with Crippen LogP contribution in [0.3, 0.4) is 0 Å². The topological polar surface area (TPSA) is 46.8 Å². The molecule has 3 aromatic heterocycles. The van der Waals surface area contributed by atoms with E-state index in [9.17, 15) is 0 Å². The van der Waals surface area contributed by atoms with Crippen LogP contribution in [0.25, 0.3) is 15.9 Å². The van der Waals surface area contributed by atoms with Gasteiger partial charge in [0.15, 0.2) is 0 Å². The molecule has 4 heterocycles. The van der Waals surface area contributed by atoms with Crippen LogP contribution in [-0.4, -0.2) is 31.2 Å². The van der Waals surface area contributed by atoms with Gasteiger partial charge in [-0.05, 0) is 36.8 Å². The number of fused-ring (bicyclic) bond motifs is 2. The molecule has 0 fully saturated rings. The molecular weight excluding hydrogens is 342 g/mol. The zero-order valence-electron chi connectivity index (χ0n) is 14.5. The zero-order chi connectivity index (χ0) is 17.5. The minimum atomic E-state index is 0.357. The maximum absolute atomic E-state index is 4.76. The van der Waals surface area contributed by atoms with E-state index < -0.39 is 0 Å². The van der Waals surface area contributed by atoms with Crippen LogP contribution >= 0.6 is 11.3 Å². The molecule has 5 nitrogen and oxygen atoms in total. The van der Waals surface area contributed by atoms with Gasteiger partial charge in [0.25, 0.3) is 0 Å². The number of hydrogen-bond donors (Lipinski definition) is 0. The molecule has 0 radical (unpaired) electrons. The SMILES string of the molecule is CC(c1ccc2scnc2c1)N1CCc2nn(-c3cccnc3)cc2C1. The van der Waals surface area contributed by atoms with Gasteiger partial charge in [0, 0.05) is 43.5 Å². The molecule has 5 rings (SSSR count). The largest absolute Gasteiger partial charge is 0.292 e. The van der Waals surface area contributed by atoms with E-state index in [1.165, 1.54) is 21.5 Å². The van der Waals surface area contributed by atoms with E-state index >= 15 is 0 Å². The Bertz CT molecular complexity index is 1050. The molecule has 1 aromatic carbocycles. The molecular formula is C20H19N5S. The standard InChI is InChI=1S/C20H19N5S/c1-14(15-4-5-20-19(9-15)22-13-26-20)24-8-6-18-16(11-24)12-25(23-18)17-3-2-7-21-10-17/h2-5,7,9-10,12-14H,6,8,11H2,1H3. The number of nitrogens with zero attached hydrogens (tertiary/aromatic N) is 5. The summed E-state index contributed by atoms with van der Waals surface area (Å²) in [5.41, 5.74) is 7.86. The fraction of sp³-hybridized carbons (Fsp3) is 0.250. The molecule has 0 spiro atoms. The smallest absolute Gasteiger partial charge is 0.0828 e. The van der Waals surface area contributed by atoms with E-state index in [1.807, 2.05) is 28.5 Å². The lowest BCUT2D eigenvalue weighted by molar-refractivity contribution is 0.191. The minimum Gasteiger partial charge on any atom is -0.292 e. The lowest BCUT2D eigenvalue weighted by atomic mass is 10.0. The minimum absolute atomic E-state index is 0.357. The van der Waals surface area contributed by atoms with Gasteiger partial charge in [0.05, 0.1) is 33.3 Å². The molecule has 1 aliphatic heterocycles. The normalized spacial score (nSPS) is 15.9. The summed E-state index contributed by atoms with van der Waals surface area (Å²) >= 11 is 1.69. The van der Waals surface area contributed by atoms with Gasteiger partial charge in [-0.2, -0.15) is 5.10 Å². The van der Waals surface area contributed by atoms with Crippen LogP contribution in [0, 0.1) is 0 Å². The van der Waals surface area contributed by atoms with Crippen molar-refractivity contribution in [3.8, 4) is 5.69 Å². The monoisotopic (exact) mass is 361 g/mol. The summed E-state index contributed by atoms with van der Waals surface area (Å²) in [6.07, 6.45) is 6.76. The first-order valence-electron chi connectivity index (χ1n) is 8.83. The third kappa shape index (κ3) is 2.71. The first-order chi connectivity index (χ1) is 12.8. The molecule has 0 aliphatic carbocycles. The third-order valence-corrected chi connectivity index (χ3v) is 5.99. The second kappa shape index (κ2) is 6.30. The van der Waals surface area contributed by atoms with Crippen molar-refractivity contribution in [2.45, 2.75) is 25.9 Å². The average Bonchev–Trinajstić information content (AvgIpc) is 3.33. The fourth-order valence-electron chi connectivity index (χ4n) is 3.63. The lowest BCUT2D eigenvalue weighted by Gasteiger charge is -2.32. The molecule has 0 bridgehead atoms. The summed E-state index contributed by atoms with van der Waals surface area (Å²) in [4.78, 5) is 11.2. The lowest BCUT2D eigenvalue weighted by Crippen LogP contribution is -2.32. The first kappa shape index (κ1) is 15.7. The zero-order valence-corrected chi connectivity index (χ0v) is 15.4. The Balaban J connectivity index is 1.40. The molecule has 130 valence electrons. The van der Waals surface area contributed by atoms with Gasteiger partial charge in [0.2, 0.25) is 0 Å². The van der Waals surface area contributed by atoms with E-state index in [0.717, 1.165) is 30.7 Å². The summed E-state index contributed by atoms with van der Waals surface area (Å²) in [6.45, 7) is 4.23. The molecule has 1 unspecified atom stereocenters. The van der Waals surface area contributed by atoms with Crippen LogP contribution in [0.4, 0.5) is 0 Å². The van der Waals surface area contributed by atoms with Crippen LogP contribution in [0.1, 0.15) is 29.8 Å². The van der Waals surface area contributed by atoms with Crippen molar-refractivity contribution in [3.05, 3.63) is 71.3 Å². The number of rotatable bonds is 3. The predicted octanol–water partition coefficient (Wildman–Crippen LogP) is 4.00. The molecule has 0 N–H and O–H groups in total. The Morgan fingerprint density at radius 3 is 3.08 bits per heavy atom. The van der Waals surface area contributed by atoms with Crippen LogP contribution in [0.5, 0.6) is 0 Å². The van der Waals surface area contributed by atoms with E-state index in [2.05, 4.69) is 46.2 Å². The van der Waals surface area contributed by atoms with E-state index in [1.54, 1.807) is 17.5 Å². The molecule has 0 saturated carbocycles. The molecule has 1 aliphatic rings. The summed E-state index contributed by atoms with van der Waals surface area (Å²) in [7, 11) is 0. The fourth-order valence-corrected chi connectivity index (χ4v) is 4.29. The summed E-state index contributed by atoms with van der Waals surface area (Å²) in [5, 5.41) is 4.76. The molecule has 4 aromatic rings. The quantitative estimate of drug-likeness (QED) is 0.553. The van der Waals surface area contributed by atoms with E-state index in [4.69, 9.17) is 5.10 Å². The van der Waals surface area contributed by atoms with Crippen LogP contribution < -0.4 is 0 Å². The van der Waals surface area contributed by atoms with Gasteiger partial charge in [-0.3, -0.25) is 9.88 Å². The average molecular weight is 361 g/mol. The molecule has 0 amide bonds. The number of pyridine rings is 1. The Kier molecular flexibility index (Phi) is 3.80. The number of benzene rings is 1. The van der Waals surface area contributed by atoms with Crippen molar-refractivity contribution in [2.24, 2.45) is 0 Å². The van der Waals surface area contributed by atoms with Gasteiger partial charge in [-0.15, -0.1) is 11.3 Å². The van der Waals surface area contributed by atoms with Crippen LogP contribution in [0.2, 0.25) is 0 Å². The van der Waals surface area contributed by atoms with Gasteiger partial charge >= 0.3 is 0 Å². The Labute approximate surface area is 155 Å².